The highest BCUT2D eigenvalue weighted by Gasteiger charge is 2.50. The molecule has 1 unspecified atom stereocenters. The van der Waals surface area contributed by atoms with Gasteiger partial charge in [0.25, 0.3) is 0 Å². The number of halogens is 2. The van der Waals surface area contributed by atoms with Gasteiger partial charge in [0, 0.05) is 44.6 Å². The molecule has 0 amide bonds. The molecule has 9 rings (SSSR count). The van der Waals surface area contributed by atoms with Crippen LogP contribution >= 0.6 is 0 Å². The van der Waals surface area contributed by atoms with Crippen LogP contribution in [0, 0.1) is 17.0 Å². The number of pyridine rings is 1. The van der Waals surface area contributed by atoms with Gasteiger partial charge in [0.15, 0.2) is 18.9 Å². The molecule has 2 aromatic carbocycles. The van der Waals surface area contributed by atoms with Gasteiger partial charge in [-0.3, -0.25) is 9.88 Å². The van der Waals surface area contributed by atoms with Crippen LogP contribution in [0.4, 0.5) is 14.6 Å². The maximum atomic E-state index is 17.4. The van der Waals surface area contributed by atoms with Gasteiger partial charge in [-0.2, -0.15) is 9.97 Å². The average Bonchev–Trinajstić information content (AvgIpc) is 3.78. The molecule has 1 aliphatic carbocycles. The average molecular weight is 774 g/mol. The monoisotopic (exact) mass is 773 g/mol. The van der Waals surface area contributed by atoms with Crippen LogP contribution in [0.5, 0.6) is 11.8 Å². The number of benzene rings is 2. The first-order chi connectivity index (χ1) is 27.3. The summed E-state index contributed by atoms with van der Waals surface area (Å²) in [6.45, 7) is 5.53. The lowest BCUT2D eigenvalue weighted by Gasteiger charge is -2.53. The molecular weight excluding hydrogens is 720 g/mol. The molecule has 4 aliphatic heterocycles. The van der Waals surface area contributed by atoms with Crippen molar-refractivity contribution in [1.29, 1.82) is 0 Å². The Labute approximate surface area is 326 Å². The summed E-state index contributed by atoms with van der Waals surface area (Å²) < 4.78 is 62.5. The highest BCUT2D eigenvalue weighted by Crippen LogP contribution is 2.51. The molecule has 1 spiro atoms. The summed E-state index contributed by atoms with van der Waals surface area (Å²) in [7, 11) is 1.53. The largest absolute Gasteiger partial charge is 0.468 e. The Morgan fingerprint density at radius 2 is 1.88 bits per heavy atom. The van der Waals surface area contributed by atoms with Crippen LogP contribution in [-0.2, 0) is 20.6 Å². The van der Waals surface area contributed by atoms with E-state index in [-0.39, 0.29) is 65.8 Å². The normalized spacial score (nSPS) is 27.9. The summed E-state index contributed by atoms with van der Waals surface area (Å²) >= 11 is 0. The van der Waals surface area contributed by atoms with Crippen molar-refractivity contribution in [3.63, 3.8) is 0 Å². The fourth-order valence-corrected chi connectivity index (χ4v) is 10.5. The van der Waals surface area contributed by atoms with Crippen LogP contribution in [-0.4, -0.2) is 102 Å². The summed E-state index contributed by atoms with van der Waals surface area (Å²) in [5, 5.41) is 11.9. The highest BCUT2D eigenvalue weighted by atomic mass is 19.1. The van der Waals surface area contributed by atoms with Crippen LogP contribution in [0.1, 0.15) is 83.1 Å². The number of nitrogens with zero attached hydrogens (tertiary/aromatic N) is 5. The highest BCUT2D eigenvalue weighted by molar-refractivity contribution is 6.01. The molecular formula is C43H53F2N5O6. The lowest BCUT2D eigenvalue weighted by atomic mass is 9.62. The number of fused-ring (bicyclic) bond motifs is 3. The maximum absolute atomic E-state index is 17.4. The van der Waals surface area contributed by atoms with Gasteiger partial charge < -0.3 is 33.7 Å². The van der Waals surface area contributed by atoms with Crippen molar-refractivity contribution in [2.45, 2.75) is 108 Å². The van der Waals surface area contributed by atoms with E-state index in [1.807, 2.05) is 13.0 Å². The quantitative estimate of drug-likeness (QED) is 0.146. The van der Waals surface area contributed by atoms with Crippen molar-refractivity contribution in [2.24, 2.45) is 5.41 Å². The zero-order valence-electron chi connectivity index (χ0n) is 32.5. The molecule has 5 aliphatic rings. The molecule has 5 fully saturated rings. The Kier molecular flexibility index (Phi) is 10.5. The second-order valence-corrected chi connectivity index (χ2v) is 16.7. The molecule has 4 aromatic rings. The maximum Gasteiger partial charge on any atom is 0.319 e. The molecule has 0 bridgehead atoms. The predicted octanol–water partition coefficient (Wildman–Crippen LogP) is 7.33. The molecule has 1 N–H and O–H groups in total. The fourth-order valence-electron chi connectivity index (χ4n) is 10.5. The number of piperidine rings is 1. The van der Waals surface area contributed by atoms with E-state index in [0.717, 1.165) is 96.9 Å². The predicted molar refractivity (Wildman–Crippen MR) is 208 cm³/mol. The van der Waals surface area contributed by atoms with Gasteiger partial charge in [-0.1, -0.05) is 13.0 Å². The Balaban J connectivity index is 1.10. The third-order valence-electron chi connectivity index (χ3n) is 13.2. The van der Waals surface area contributed by atoms with Crippen molar-refractivity contribution in [2.75, 3.05) is 58.3 Å². The molecule has 1 saturated carbocycles. The number of aliphatic hydroxyl groups excluding tert-OH is 1. The smallest absolute Gasteiger partial charge is 0.319 e. The molecule has 13 heteroatoms. The molecule has 11 nitrogen and oxygen atoms in total. The summed E-state index contributed by atoms with van der Waals surface area (Å²) in [6, 6.07) is 6.84. The minimum absolute atomic E-state index is 0.00574. The fraction of sp³-hybridized carbons (Fsp3) is 0.605. The molecule has 0 radical (unpaired) electrons. The van der Waals surface area contributed by atoms with E-state index >= 15 is 8.78 Å². The van der Waals surface area contributed by atoms with Crippen LogP contribution in [0.25, 0.3) is 32.9 Å². The Bertz CT molecular complexity index is 2080. The van der Waals surface area contributed by atoms with E-state index in [2.05, 4.69) is 9.80 Å². The van der Waals surface area contributed by atoms with Gasteiger partial charge in [-0.15, -0.1) is 0 Å². The SMILES string of the molecule is CCc1c(F)ccc2cc(OCOC)cc(-c3ncc4c(N5CCCC6(CC(OC7CCCCO7)C6)C5)nc(OC[C@@]56CCCN5[C@H](CO)CC6)nc4c3F)c12. The van der Waals surface area contributed by atoms with Crippen LogP contribution in [0.2, 0.25) is 0 Å². The minimum Gasteiger partial charge on any atom is -0.468 e. The molecule has 6 heterocycles. The molecule has 56 heavy (non-hydrogen) atoms. The minimum atomic E-state index is -0.634. The van der Waals surface area contributed by atoms with Crippen LogP contribution in [0.3, 0.4) is 0 Å². The van der Waals surface area contributed by atoms with Crippen molar-refractivity contribution < 1.29 is 37.6 Å². The van der Waals surface area contributed by atoms with Gasteiger partial charge in [0.1, 0.15) is 35.2 Å². The Morgan fingerprint density at radius 1 is 1.00 bits per heavy atom. The van der Waals surface area contributed by atoms with Gasteiger partial charge in [0.2, 0.25) is 0 Å². The molecule has 4 saturated heterocycles. The van der Waals surface area contributed by atoms with Crippen molar-refractivity contribution in [3.8, 4) is 23.0 Å². The molecule has 3 atom stereocenters. The van der Waals surface area contributed by atoms with Crippen LogP contribution in [0.15, 0.2) is 30.5 Å². The topological polar surface area (TPSA) is 112 Å². The first kappa shape index (κ1) is 37.8. The number of ether oxygens (including phenoxy) is 5. The van der Waals surface area contributed by atoms with E-state index in [1.165, 1.54) is 13.2 Å². The number of anilines is 1. The number of hydrogen-bond donors (Lipinski definition) is 1. The number of aromatic nitrogens is 3. The summed E-state index contributed by atoms with van der Waals surface area (Å²) in [5.41, 5.74) is 0.879. The number of hydrogen-bond acceptors (Lipinski definition) is 11. The summed E-state index contributed by atoms with van der Waals surface area (Å²) in [5.74, 6) is 0.0552. The third kappa shape index (κ3) is 6.86. The van der Waals surface area contributed by atoms with E-state index in [1.54, 1.807) is 18.3 Å². The second kappa shape index (κ2) is 15.5. The van der Waals surface area contributed by atoms with Crippen molar-refractivity contribution in [1.82, 2.24) is 19.9 Å². The number of methoxy groups -OCH3 is 1. The lowest BCUT2D eigenvalue weighted by molar-refractivity contribution is -0.223. The van der Waals surface area contributed by atoms with Gasteiger partial charge >= 0.3 is 6.01 Å². The number of rotatable bonds is 12. The first-order valence-corrected chi connectivity index (χ1v) is 20.6. The first-order valence-electron chi connectivity index (χ1n) is 20.6. The lowest BCUT2D eigenvalue weighted by Crippen LogP contribution is -2.54. The molecule has 2 aromatic heterocycles. The Morgan fingerprint density at radius 3 is 2.68 bits per heavy atom. The van der Waals surface area contributed by atoms with Gasteiger partial charge in [-0.05, 0) is 124 Å². The van der Waals surface area contributed by atoms with Crippen molar-refractivity contribution >= 4 is 27.5 Å². The van der Waals surface area contributed by atoms with Crippen LogP contribution < -0.4 is 14.4 Å². The van der Waals surface area contributed by atoms with E-state index in [9.17, 15) is 5.11 Å². The number of aryl methyl sites for hydroxylation is 1. The second-order valence-electron chi connectivity index (χ2n) is 16.7. The zero-order valence-corrected chi connectivity index (χ0v) is 32.5. The van der Waals surface area contributed by atoms with E-state index in [0.29, 0.717) is 51.9 Å². The van der Waals surface area contributed by atoms with Crippen molar-refractivity contribution in [3.05, 3.63) is 47.7 Å². The third-order valence-corrected chi connectivity index (χ3v) is 13.2. The molecule has 300 valence electrons. The van der Waals surface area contributed by atoms with Gasteiger partial charge in [0.05, 0.1) is 23.6 Å². The standard InChI is InChI=1S/C43H53F2N5O6/c1-3-31-34(44)10-9-27-18-29(55-26-52-2)19-32(36(27)31)38-37(45)39-33(22-46-38)40(48-41(47-39)54-25-43-13-7-16-50(43)28(23-51)11-14-43)49-15-6-12-42(24-49)20-30(21-42)56-35-8-4-5-17-53-35/h9-10,18-19,22,28,30,35,51H,3-8,11-17,20-21,23-26H2,1-2H3/t28-,30?,35?,42?,43-/m0/s1. The summed E-state index contributed by atoms with van der Waals surface area (Å²) in [6.07, 6.45) is 13.0. The van der Waals surface area contributed by atoms with E-state index in [4.69, 9.17) is 38.6 Å². The Hall–Kier alpha value is -3.75. The van der Waals surface area contributed by atoms with Gasteiger partial charge in [-0.25, -0.2) is 8.78 Å². The zero-order chi connectivity index (χ0) is 38.4. The number of aliphatic hydroxyl groups is 1. The summed E-state index contributed by atoms with van der Waals surface area (Å²) in [4.78, 5) is 19.2. The van der Waals surface area contributed by atoms with E-state index < -0.39 is 5.82 Å².